The molecule has 0 radical (unpaired) electrons. The maximum Gasteiger partial charge on any atom is 0.410 e. The van der Waals surface area contributed by atoms with E-state index in [-0.39, 0.29) is 56.7 Å². The second-order valence-corrected chi connectivity index (χ2v) is 29.7. The molecule has 0 saturated carbocycles. The normalized spacial score (nSPS) is 17.3. The van der Waals surface area contributed by atoms with Gasteiger partial charge in [0.2, 0.25) is 49.0 Å². The number of rotatable bonds is 35. The first-order valence-corrected chi connectivity index (χ1v) is 35.5. The Labute approximate surface area is 581 Å². The van der Waals surface area contributed by atoms with E-state index in [0.717, 1.165) is 84.0 Å². The molecule has 1 fully saturated rings. The first kappa shape index (κ1) is 77.5. The smallest absolute Gasteiger partial charge is 0.410 e. The first-order valence-electron chi connectivity index (χ1n) is 34.0. The van der Waals surface area contributed by atoms with Gasteiger partial charge in [-0.3, -0.25) is 71.3 Å². The first-order chi connectivity index (χ1) is 47.4. The topological polar surface area (TPSA) is 311 Å². The van der Waals surface area contributed by atoms with Gasteiger partial charge in [0.25, 0.3) is 0 Å². The standard InChI is InChI=1S/C73H94F2N7O17P/c1-46(50-27-30-54(31-28-50)73(74,75)100(92,98-44-96-68(89)71(3,4)5)99-45-97-69(90)72(6,7)8)41-62(85)77-56-32-29-52-18-13-20-53-42-59(82(63(52)53)67(56)88)66(87)78-55(33-35-60(76)83)47(2)95-43-49-25-23-48(24-26-49)17-15-39-93-37-11-10-12-38-94-40-16-21-51-19-14-22-57-64(51)80(9)70(91)81(57)58-34-36-61(84)79-65(58)86/h13-14,18-20,22-28,30-31,41,47,55-56,58-59H,10-12,15-17,21,29,32-40,42-45H2,1-9H3,(H2,76,83)(H,77,85)(H,78,87)(H,79,84,86)/b46-41+/t47-,55+,56+,58?,59+/m1/s1. The maximum absolute atomic E-state index is 16.3. The highest BCUT2D eigenvalue weighted by atomic mass is 31.2. The Morgan fingerprint density at radius 2 is 1.35 bits per heavy atom. The minimum Gasteiger partial charge on any atom is -0.438 e. The number of hydrogen-bond donors (Lipinski definition) is 4. The molecule has 8 rings (SSSR count). The number of imide groups is 1. The van der Waals surface area contributed by atoms with Crippen molar-refractivity contribution in [3.63, 3.8) is 0 Å². The highest BCUT2D eigenvalue weighted by Gasteiger charge is 2.56. The van der Waals surface area contributed by atoms with Crippen molar-refractivity contribution in [2.45, 2.75) is 188 Å². The van der Waals surface area contributed by atoms with Crippen LogP contribution in [-0.4, -0.2) is 121 Å². The Balaban J connectivity index is 0.772. The Kier molecular flexibility index (Phi) is 26.7. The molecule has 4 heterocycles. The molecule has 5 N–H and O–H groups in total. The molecule has 5 aromatic rings. The van der Waals surface area contributed by atoms with Gasteiger partial charge in [0.1, 0.15) is 18.1 Å². The van der Waals surface area contributed by atoms with Crippen LogP contribution in [0.2, 0.25) is 0 Å². The van der Waals surface area contributed by atoms with E-state index in [1.165, 1.54) is 69.2 Å². The van der Waals surface area contributed by atoms with E-state index in [1.807, 2.05) is 60.7 Å². The number of imidazole rings is 1. The highest BCUT2D eigenvalue weighted by molar-refractivity contribution is 7.54. The summed E-state index contributed by atoms with van der Waals surface area (Å²) in [4.78, 5) is 119. The fourth-order valence-corrected chi connectivity index (χ4v) is 13.4. The average Bonchev–Trinajstić information content (AvgIpc) is 1.61. The zero-order valence-electron chi connectivity index (χ0n) is 58.5. The molecule has 27 heteroatoms. The number of nitrogens with two attached hydrogens (primary N) is 1. The number of alkyl halides is 2. The van der Waals surface area contributed by atoms with Gasteiger partial charge in [0, 0.05) is 64.4 Å². The number of primary amides is 1. The molecule has 4 aromatic carbocycles. The quantitative estimate of drug-likeness (QED) is 0.00732. The van der Waals surface area contributed by atoms with Crippen LogP contribution < -0.4 is 32.3 Å². The van der Waals surface area contributed by atoms with E-state index in [0.29, 0.717) is 61.6 Å². The minimum absolute atomic E-state index is 0.0498. The number of esters is 2. The minimum atomic E-state index is -5.60. The second kappa shape index (κ2) is 34.4. The van der Waals surface area contributed by atoms with Crippen LogP contribution in [0.3, 0.4) is 0 Å². The average molecular weight is 1410 g/mol. The number of nitrogens with zero attached hydrogens (tertiary/aromatic N) is 3. The SMILES string of the molecule is C/C(=C\C(=O)N[C@H]1CCc2cccc3c2N(C1=O)[C@H](C(=O)N[C@@H](CCC(N)=O)[C@@H](C)OCc1ccc(CCCOCCCCCOCCCc2cccc4c2n(C)c(=O)n4C2CCC(=O)NC2=O)cc1)C3)c1ccc(C(F)(F)P(=O)(OCOC(=O)C(C)(C)C)OCOC(=O)C(C)(C)C)cc1. The summed E-state index contributed by atoms with van der Waals surface area (Å²) >= 11 is 0. The van der Waals surface area contributed by atoms with Crippen LogP contribution >= 0.6 is 7.60 Å². The molecule has 6 amide bonds. The Hall–Kier alpha value is -8.26. The van der Waals surface area contributed by atoms with Crippen molar-refractivity contribution in [1.82, 2.24) is 25.1 Å². The fourth-order valence-electron chi connectivity index (χ4n) is 12.1. The summed E-state index contributed by atoms with van der Waals surface area (Å²) in [7, 11) is -3.90. The number of para-hydroxylation sites is 2. The third-order valence-corrected chi connectivity index (χ3v) is 19.7. The monoisotopic (exact) mass is 1410 g/mol. The number of unbranched alkanes of at least 4 members (excludes halogenated alkanes) is 2. The number of ether oxygens (including phenoxy) is 5. The number of piperidine rings is 1. The van der Waals surface area contributed by atoms with Crippen molar-refractivity contribution in [2.24, 2.45) is 23.6 Å². The van der Waals surface area contributed by atoms with Crippen LogP contribution in [0.5, 0.6) is 0 Å². The molecule has 3 aliphatic heterocycles. The molecule has 100 heavy (non-hydrogen) atoms. The summed E-state index contributed by atoms with van der Waals surface area (Å²) in [6, 6.07) is 20.2. The summed E-state index contributed by atoms with van der Waals surface area (Å²) in [5.41, 5.74) is 5.23. The van der Waals surface area contributed by atoms with Gasteiger partial charge in [0.15, 0.2) is 0 Å². The zero-order valence-corrected chi connectivity index (χ0v) is 59.4. The lowest BCUT2D eigenvalue weighted by Crippen LogP contribution is -2.56. The van der Waals surface area contributed by atoms with Crippen molar-refractivity contribution >= 4 is 77.3 Å². The van der Waals surface area contributed by atoms with Crippen LogP contribution in [0, 0.1) is 10.8 Å². The van der Waals surface area contributed by atoms with Gasteiger partial charge in [-0.25, -0.2) is 4.79 Å². The summed E-state index contributed by atoms with van der Waals surface area (Å²) in [6.07, 6.45) is 7.82. The van der Waals surface area contributed by atoms with Crippen LogP contribution in [0.1, 0.15) is 165 Å². The number of allylic oxidation sites excluding steroid dienone is 1. The van der Waals surface area contributed by atoms with Gasteiger partial charge in [0.05, 0.1) is 46.3 Å². The number of benzene rings is 4. The van der Waals surface area contributed by atoms with E-state index in [1.54, 1.807) is 25.5 Å². The Morgan fingerprint density at radius 1 is 0.750 bits per heavy atom. The van der Waals surface area contributed by atoms with Crippen LogP contribution in [0.15, 0.2) is 95.8 Å². The van der Waals surface area contributed by atoms with E-state index >= 15 is 8.78 Å². The molecular weight excluding hydrogens is 1320 g/mol. The van der Waals surface area contributed by atoms with Crippen molar-refractivity contribution in [2.75, 3.05) is 44.9 Å². The Morgan fingerprint density at radius 3 is 1.97 bits per heavy atom. The molecule has 0 spiro atoms. The number of fused-ring (bicyclic) bond motifs is 1. The summed E-state index contributed by atoms with van der Waals surface area (Å²) in [5.74, 6) is -4.72. The molecule has 24 nitrogen and oxygen atoms in total. The predicted molar refractivity (Wildman–Crippen MR) is 368 cm³/mol. The largest absolute Gasteiger partial charge is 0.438 e. The number of carbonyl (C=O) groups excluding carboxylic acids is 8. The molecule has 1 saturated heterocycles. The number of hydrogen-bond acceptors (Lipinski definition) is 17. The lowest BCUT2D eigenvalue weighted by molar-refractivity contribution is -0.163. The van der Waals surface area contributed by atoms with Gasteiger partial charge in [-0.15, -0.1) is 0 Å². The lowest BCUT2D eigenvalue weighted by Gasteiger charge is -2.31. The lowest BCUT2D eigenvalue weighted by atomic mass is 9.98. The third-order valence-electron chi connectivity index (χ3n) is 17.9. The summed E-state index contributed by atoms with van der Waals surface area (Å²) in [5, 5.41) is 8.21. The molecule has 1 aromatic heterocycles. The molecule has 542 valence electrons. The van der Waals surface area contributed by atoms with Crippen molar-refractivity contribution < 1.29 is 84.4 Å². The van der Waals surface area contributed by atoms with Gasteiger partial charge in [-0.05, 0) is 171 Å². The van der Waals surface area contributed by atoms with Crippen LogP contribution in [0.4, 0.5) is 14.5 Å². The number of aryl methyl sites for hydroxylation is 4. The molecule has 0 aliphatic carbocycles. The van der Waals surface area contributed by atoms with Crippen molar-refractivity contribution in [3.8, 4) is 0 Å². The predicted octanol–water partition coefficient (Wildman–Crippen LogP) is 9.60. The van der Waals surface area contributed by atoms with Crippen molar-refractivity contribution in [1.29, 1.82) is 0 Å². The number of nitrogens with one attached hydrogen (secondary N) is 3. The van der Waals surface area contributed by atoms with Crippen molar-refractivity contribution in [3.05, 3.63) is 140 Å². The van der Waals surface area contributed by atoms with Crippen LogP contribution in [-0.2, 0) is 121 Å². The van der Waals surface area contributed by atoms with E-state index in [2.05, 4.69) is 16.0 Å². The number of halogens is 2. The number of anilines is 1. The van der Waals surface area contributed by atoms with E-state index < -0.39 is 115 Å². The number of amides is 6. The Bertz CT molecular complexity index is 3880. The fraction of sp³-hybridized carbons (Fsp3) is 0.521. The summed E-state index contributed by atoms with van der Waals surface area (Å²) < 4.78 is 87.5. The van der Waals surface area contributed by atoms with E-state index in [9.17, 15) is 47.7 Å². The van der Waals surface area contributed by atoms with Gasteiger partial charge >= 0.3 is 30.9 Å². The number of aromatic nitrogens is 2. The highest BCUT2D eigenvalue weighted by Crippen LogP contribution is 2.67. The van der Waals surface area contributed by atoms with Gasteiger partial charge in [-0.2, -0.15) is 8.78 Å². The molecule has 0 bridgehead atoms. The maximum atomic E-state index is 16.3. The second-order valence-electron chi connectivity index (χ2n) is 27.7. The third kappa shape index (κ3) is 19.8. The van der Waals surface area contributed by atoms with Crippen LogP contribution in [0.25, 0.3) is 16.6 Å². The zero-order chi connectivity index (χ0) is 72.7. The number of carbonyl (C=O) groups is 8. The summed E-state index contributed by atoms with van der Waals surface area (Å²) in [6.45, 7) is 12.8. The van der Waals surface area contributed by atoms with Gasteiger partial charge in [-0.1, -0.05) is 78.9 Å². The van der Waals surface area contributed by atoms with Gasteiger partial charge < -0.3 is 40.1 Å². The molecule has 3 aliphatic rings. The molecular formula is C73H94F2N7O17P. The van der Waals surface area contributed by atoms with E-state index in [4.69, 9.17) is 38.5 Å². The molecule has 5 atom stereocenters. The molecule has 1 unspecified atom stereocenters.